The van der Waals surface area contributed by atoms with E-state index >= 15 is 4.39 Å². The van der Waals surface area contributed by atoms with Gasteiger partial charge in [-0.3, -0.25) is 9.52 Å². The molecule has 1 amide bonds. The van der Waals surface area contributed by atoms with Crippen LogP contribution < -0.4 is 20.3 Å². The molecule has 1 aliphatic carbocycles. The number of piperidine rings is 1. The molecule has 4 N–H and O–H groups in total. The third kappa shape index (κ3) is 6.46. The Kier molecular flexibility index (Phi) is 7.50. The summed E-state index contributed by atoms with van der Waals surface area (Å²) in [6, 6.07) is 4.92. The molecule has 0 radical (unpaired) electrons. The van der Waals surface area contributed by atoms with Crippen molar-refractivity contribution in [1.82, 2.24) is 14.7 Å². The normalized spacial score (nSPS) is 17.2. The van der Waals surface area contributed by atoms with Crippen molar-refractivity contribution in [2.75, 3.05) is 35.2 Å². The maximum Gasteiger partial charge on any atom is 0.278 e. The molecule has 4 rings (SSSR count). The molecule has 1 saturated carbocycles. The first-order chi connectivity index (χ1) is 16.9. The predicted molar refractivity (Wildman–Crippen MR) is 143 cm³/mol. The number of aliphatic hydroxyl groups is 1. The van der Waals surface area contributed by atoms with Crippen molar-refractivity contribution >= 4 is 35.2 Å². The van der Waals surface area contributed by atoms with Crippen LogP contribution in [-0.2, 0) is 0 Å². The van der Waals surface area contributed by atoms with Crippen LogP contribution in [0.1, 0.15) is 70.8 Å². The van der Waals surface area contributed by atoms with Crippen molar-refractivity contribution in [3.05, 3.63) is 35.9 Å². The first-order valence-electron chi connectivity index (χ1n) is 12.5. The second-order valence-electron chi connectivity index (χ2n) is 11.6. The fourth-order valence-corrected chi connectivity index (χ4v) is 4.91. The zero-order valence-corrected chi connectivity index (χ0v) is 22.6. The Morgan fingerprint density at radius 2 is 1.86 bits per heavy atom. The molecule has 1 aromatic heterocycles. The molecule has 0 bridgehead atoms. The highest BCUT2D eigenvalue weighted by atomic mass is 32.2. The van der Waals surface area contributed by atoms with Gasteiger partial charge in [-0.15, -0.1) is 0 Å². The number of carbonyl (C=O) groups excluding carboxylic acids is 1. The van der Waals surface area contributed by atoms with E-state index in [2.05, 4.69) is 25.2 Å². The number of aromatic nitrogens is 2. The van der Waals surface area contributed by atoms with Crippen molar-refractivity contribution in [2.45, 2.75) is 76.3 Å². The number of hydrogen-bond donors (Lipinski definition) is 4. The lowest BCUT2D eigenvalue weighted by molar-refractivity contribution is 0.102. The summed E-state index contributed by atoms with van der Waals surface area (Å²) < 4.78 is 18.4. The summed E-state index contributed by atoms with van der Waals surface area (Å²) in [7, 11) is 0. The highest BCUT2D eigenvalue weighted by Gasteiger charge is 2.45. The Hall–Kier alpha value is -2.43. The molecule has 2 aliphatic rings. The molecule has 0 unspecified atom stereocenters. The van der Waals surface area contributed by atoms with Crippen molar-refractivity contribution in [2.24, 2.45) is 5.41 Å². The van der Waals surface area contributed by atoms with Gasteiger partial charge in [-0.1, -0.05) is 6.07 Å². The molecule has 36 heavy (non-hydrogen) atoms. The minimum atomic E-state index is -0.599. The van der Waals surface area contributed by atoms with E-state index in [1.54, 1.807) is 18.2 Å². The van der Waals surface area contributed by atoms with Gasteiger partial charge >= 0.3 is 0 Å². The minimum absolute atomic E-state index is 0.0871. The number of nitrogens with zero attached hydrogens (tertiary/aromatic N) is 3. The molecule has 1 spiro atoms. The van der Waals surface area contributed by atoms with Crippen molar-refractivity contribution < 1.29 is 14.3 Å². The highest BCUT2D eigenvalue weighted by molar-refractivity contribution is 7.97. The first-order valence-corrected chi connectivity index (χ1v) is 13.3. The van der Waals surface area contributed by atoms with Crippen LogP contribution in [0.15, 0.2) is 29.3 Å². The standard InChI is InChI=1S/C26H37FN6O2S/c1-24(2,3)32-36-18-8-6-7-17(20(18)27)29-23(35)21-22(33-13-11-26(9-10-26)12-14-33)30-19(15-28-21)31-25(4,5)16-34/h6-8,15,32,34H,9-14,16H2,1-5H3,(H,29,35)(H,30,31). The van der Waals surface area contributed by atoms with Gasteiger partial charge in [0.05, 0.1) is 28.9 Å². The molecule has 1 aliphatic heterocycles. The monoisotopic (exact) mass is 516 g/mol. The summed E-state index contributed by atoms with van der Waals surface area (Å²) in [5, 5.41) is 15.5. The Morgan fingerprint density at radius 3 is 2.47 bits per heavy atom. The molecule has 10 heteroatoms. The first kappa shape index (κ1) is 26.6. The number of amides is 1. The average Bonchev–Trinajstić information content (AvgIpc) is 3.58. The smallest absolute Gasteiger partial charge is 0.278 e. The Morgan fingerprint density at radius 1 is 1.17 bits per heavy atom. The summed E-state index contributed by atoms with van der Waals surface area (Å²) in [6.07, 6.45) is 6.14. The van der Waals surface area contributed by atoms with Crippen molar-refractivity contribution in [1.29, 1.82) is 0 Å². The van der Waals surface area contributed by atoms with Crippen LogP contribution in [0, 0.1) is 11.2 Å². The van der Waals surface area contributed by atoms with Gasteiger partial charge in [0.15, 0.2) is 17.3 Å². The number of halogens is 1. The minimum Gasteiger partial charge on any atom is -0.394 e. The number of aliphatic hydroxyl groups excluding tert-OH is 1. The number of carbonyl (C=O) groups is 1. The summed E-state index contributed by atoms with van der Waals surface area (Å²) >= 11 is 1.19. The van der Waals surface area contributed by atoms with Gasteiger partial charge in [0.25, 0.3) is 5.91 Å². The van der Waals surface area contributed by atoms with E-state index in [1.807, 2.05) is 34.6 Å². The van der Waals surface area contributed by atoms with Crippen LogP contribution in [0.25, 0.3) is 0 Å². The van der Waals surface area contributed by atoms with Crippen molar-refractivity contribution in [3.8, 4) is 0 Å². The maximum absolute atomic E-state index is 15.2. The Balaban J connectivity index is 1.58. The van der Waals surface area contributed by atoms with E-state index in [4.69, 9.17) is 4.98 Å². The molecule has 2 fully saturated rings. The van der Waals surface area contributed by atoms with E-state index in [1.165, 1.54) is 31.0 Å². The second kappa shape index (κ2) is 10.1. The van der Waals surface area contributed by atoms with E-state index < -0.39 is 17.3 Å². The molecule has 2 heterocycles. The zero-order valence-electron chi connectivity index (χ0n) is 21.7. The van der Waals surface area contributed by atoms with Crippen molar-refractivity contribution in [3.63, 3.8) is 0 Å². The summed E-state index contributed by atoms with van der Waals surface area (Å²) in [6.45, 7) is 11.2. The van der Waals surface area contributed by atoms with Crippen LogP contribution in [0.3, 0.4) is 0 Å². The average molecular weight is 517 g/mol. The summed E-state index contributed by atoms with van der Waals surface area (Å²) in [5.74, 6) is -0.0621. The van der Waals surface area contributed by atoms with Gasteiger partial charge in [0.1, 0.15) is 5.82 Å². The van der Waals surface area contributed by atoms with Crippen LogP contribution >= 0.6 is 11.9 Å². The molecule has 8 nitrogen and oxygen atoms in total. The number of benzene rings is 1. The molecular formula is C26H37FN6O2S. The largest absolute Gasteiger partial charge is 0.394 e. The molecule has 196 valence electrons. The Labute approximate surface area is 217 Å². The fourth-order valence-electron chi connectivity index (χ4n) is 4.15. The number of nitrogens with one attached hydrogen (secondary N) is 3. The van der Waals surface area contributed by atoms with Gasteiger partial charge in [-0.25, -0.2) is 14.4 Å². The number of hydrogen-bond acceptors (Lipinski definition) is 8. The Bertz CT molecular complexity index is 1110. The maximum atomic E-state index is 15.2. The lowest BCUT2D eigenvalue weighted by Gasteiger charge is -2.34. The lowest BCUT2D eigenvalue weighted by Crippen LogP contribution is -2.38. The van der Waals surface area contributed by atoms with E-state index in [-0.39, 0.29) is 23.5 Å². The van der Waals surface area contributed by atoms with Gasteiger partial charge in [-0.2, -0.15) is 0 Å². The third-order valence-electron chi connectivity index (χ3n) is 6.59. The van der Waals surface area contributed by atoms with Crippen LogP contribution in [-0.4, -0.2) is 51.8 Å². The fraction of sp³-hybridized carbons (Fsp3) is 0.577. The third-order valence-corrected chi connectivity index (χ3v) is 7.84. The van der Waals surface area contributed by atoms with Crippen LogP contribution in [0.2, 0.25) is 0 Å². The number of anilines is 3. The lowest BCUT2D eigenvalue weighted by atomic mass is 9.93. The van der Waals surface area contributed by atoms with Gasteiger partial charge in [0.2, 0.25) is 0 Å². The quantitative estimate of drug-likeness (QED) is 0.370. The molecule has 0 atom stereocenters. The van der Waals surface area contributed by atoms with E-state index in [9.17, 15) is 9.90 Å². The second-order valence-corrected chi connectivity index (χ2v) is 12.5. The number of rotatable bonds is 8. The molecular weight excluding hydrogens is 479 g/mol. The zero-order chi connectivity index (χ0) is 26.1. The van der Waals surface area contributed by atoms with Crippen LogP contribution in [0.4, 0.5) is 21.7 Å². The van der Waals surface area contributed by atoms with Gasteiger partial charge < -0.3 is 20.6 Å². The van der Waals surface area contributed by atoms with E-state index in [0.29, 0.717) is 21.9 Å². The SMILES string of the molecule is CC(C)(C)NSc1cccc(NC(=O)c2ncc(NC(C)(C)CO)nc2N2CCC3(CC2)CC3)c1F. The molecule has 2 aromatic rings. The summed E-state index contributed by atoms with van der Waals surface area (Å²) in [5.41, 5.74) is -0.0945. The van der Waals surface area contributed by atoms with Crippen LogP contribution in [0.5, 0.6) is 0 Å². The highest BCUT2D eigenvalue weighted by Crippen LogP contribution is 2.54. The van der Waals surface area contributed by atoms with E-state index in [0.717, 1.165) is 25.9 Å². The summed E-state index contributed by atoms with van der Waals surface area (Å²) in [4.78, 5) is 25.0. The predicted octanol–water partition coefficient (Wildman–Crippen LogP) is 4.83. The molecule has 1 aromatic carbocycles. The van der Waals surface area contributed by atoms with Gasteiger partial charge in [0, 0.05) is 18.6 Å². The topological polar surface area (TPSA) is 102 Å². The molecule has 1 saturated heterocycles. The van der Waals surface area contributed by atoms with Gasteiger partial charge in [-0.05, 0) is 89.8 Å².